The Bertz CT molecular complexity index is 1050. The number of fused-ring (bicyclic) bond motifs is 1. The van der Waals surface area contributed by atoms with Crippen molar-refractivity contribution in [1.82, 2.24) is 20.5 Å². The van der Waals surface area contributed by atoms with E-state index in [4.69, 9.17) is 4.42 Å². The van der Waals surface area contributed by atoms with E-state index in [0.29, 0.717) is 31.0 Å². The summed E-state index contributed by atoms with van der Waals surface area (Å²) in [5.41, 5.74) is 2.32. The third-order valence-electron chi connectivity index (χ3n) is 7.53. The van der Waals surface area contributed by atoms with Crippen LogP contribution in [0.3, 0.4) is 0 Å². The molecule has 1 amide bonds. The zero-order valence-corrected chi connectivity index (χ0v) is 17.2. The molecule has 6 nitrogen and oxygen atoms in total. The van der Waals surface area contributed by atoms with Crippen molar-refractivity contribution >= 4 is 16.8 Å². The molecule has 0 atom stereocenters. The fraction of sp³-hybridized carbons (Fsp3) is 0.542. The molecule has 0 saturated heterocycles. The minimum atomic E-state index is 0.0706. The lowest BCUT2D eigenvalue weighted by Gasteiger charge is -2.56. The number of aromatic amines is 1. The van der Waals surface area contributed by atoms with Crippen molar-refractivity contribution in [3.05, 3.63) is 47.8 Å². The van der Waals surface area contributed by atoms with Gasteiger partial charge in [-0.25, -0.2) is 0 Å². The molecule has 2 heterocycles. The van der Waals surface area contributed by atoms with Gasteiger partial charge in [0.1, 0.15) is 0 Å². The number of H-pyrrole nitrogens is 1. The second-order valence-corrected chi connectivity index (χ2v) is 9.87. The Morgan fingerprint density at radius 2 is 1.77 bits per heavy atom. The highest BCUT2D eigenvalue weighted by Gasteiger charge is 2.51. The molecular weight excluding hydrogens is 376 g/mol. The minimum Gasteiger partial charge on any atom is -0.425 e. The van der Waals surface area contributed by atoms with Crippen LogP contribution in [-0.4, -0.2) is 26.6 Å². The van der Waals surface area contributed by atoms with Gasteiger partial charge >= 0.3 is 0 Å². The second kappa shape index (κ2) is 6.96. The van der Waals surface area contributed by atoms with Gasteiger partial charge in [0, 0.05) is 35.5 Å². The van der Waals surface area contributed by atoms with Crippen LogP contribution in [0.15, 0.2) is 34.9 Å². The summed E-state index contributed by atoms with van der Waals surface area (Å²) in [6, 6.07) is 8.19. The Kier molecular flexibility index (Phi) is 4.22. The van der Waals surface area contributed by atoms with Gasteiger partial charge < -0.3 is 14.7 Å². The normalized spacial score (nSPS) is 29.5. The predicted molar refractivity (Wildman–Crippen MR) is 113 cm³/mol. The minimum absolute atomic E-state index is 0.0706. The number of rotatable bonds is 6. The summed E-state index contributed by atoms with van der Waals surface area (Å²) in [5.74, 6) is 3.77. The molecule has 6 heteroatoms. The molecule has 2 N–H and O–H groups in total. The highest BCUT2D eigenvalue weighted by atomic mass is 16.4. The van der Waals surface area contributed by atoms with E-state index in [1.54, 1.807) is 0 Å². The summed E-state index contributed by atoms with van der Waals surface area (Å²) in [4.78, 5) is 16.0. The average molecular weight is 405 g/mol. The van der Waals surface area contributed by atoms with Crippen LogP contribution in [0.25, 0.3) is 10.9 Å². The first-order chi connectivity index (χ1) is 14.6. The maximum absolute atomic E-state index is 12.7. The van der Waals surface area contributed by atoms with Crippen molar-refractivity contribution < 1.29 is 9.21 Å². The van der Waals surface area contributed by atoms with Gasteiger partial charge in [0.25, 0.3) is 0 Å². The van der Waals surface area contributed by atoms with Crippen LogP contribution in [0.5, 0.6) is 0 Å². The number of aromatic nitrogens is 3. The number of nitrogens with one attached hydrogen (secondary N) is 2. The van der Waals surface area contributed by atoms with Crippen molar-refractivity contribution in [1.29, 1.82) is 0 Å². The van der Waals surface area contributed by atoms with Crippen molar-refractivity contribution in [3.8, 4) is 0 Å². The van der Waals surface area contributed by atoms with Gasteiger partial charge in [0.05, 0.1) is 6.42 Å². The summed E-state index contributed by atoms with van der Waals surface area (Å²) < 4.78 is 5.83. The van der Waals surface area contributed by atoms with Crippen LogP contribution in [0.1, 0.15) is 62.3 Å². The molecular formula is C24H28N4O2. The largest absolute Gasteiger partial charge is 0.425 e. The zero-order chi connectivity index (χ0) is 20.1. The van der Waals surface area contributed by atoms with E-state index in [9.17, 15) is 4.79 Å². The molecule has 1 aromatic carbocycles. The van der Waals surface area contributed by atoms with E-state index in [1.807, 2.05) is 18.3 Å². The first-order valence-corrected chi connectivity index (χ1v) is 11.3. The number of hydrogen-bond donors (Lipinski definition) is 2. The molecule has 2 aromatic heterocycles. The molecule has 4 aliphatic carbocycles. The Hall–Kier alpha value is -2.63. The van der Waals surface area contributed by atoms with Gasteiger partial charge in [0.15, 0.2) is 0 Å². The standard InChI is InChI=1S/C24H28N4O2/c29-21(26-24-11-15-7-16(12-24)9-17(8-15)13-24)5-6-22-27-28-23(30-22)10-18-14-25-20-4-2-1-3-19(18)20/h1-4,14-17,25H,5-13H2,(H,26,29). The number of carbonyl (C=O) groups excluding carboxylic acids is 1. The van der Waals surface area contributed by atoms with Crippen molar-refractivity contribution in [2.75, 3.05) is 0 Å². The molecule has 0 unspecified atom stereocenters. The molecule has 4 saturated carbocycles. The predicted octanol–water partition coefficient (Wildman–Crippen LogP) is 4.16. The van der Waals surface area contributed by atoms with E-state index < -0.39 is 0 Å². The molecule has 0 spiro atoms. The molecule has 3 aromatic rings. The third kappa shape index (κ3) is 3.32. The molecule has 4 aliphatic rings. The summed E-state index contributed by atoms with van der Waals surface area (Å²) in [5, 5.41) is 13.0. The number of para-hydroxylation sites is 1. The van der Waals surface area contributed by atoms with Gasteiger partial charge in [-0.1, -0.05) is 18.2 Å². The quantitative estimate of drug-likeness (QED) is 0.646. The topological polar surface area (TPSA) is 83.8 Å². The van der Waals surface area contributed by atoms with Gasteiger partial charge in [-0.15, -0.1) is 10.2 Å². The highest BCUT2D eigenvalue weighted by Crippen LogP contribution is 2.55. The summed E-state index contributed by atoms with van der Waals surface area (Å²) >= 11 is 0. The number of aryl methyl sites for hydroxylation is 1. The second-order valence-electron chi connectivity index (χ2n) is 9.87. The molecule has 30 heavy (non-hydrogen) atoms. The molecule has 7 rings (SSSR count). The van der Waals surface area contributed by atoms with Crippen LogP contribution < -0.4 is 5.32 Å². The maximum atomic E-state index is 12.7. The fourth-order valence-corrected chi connectivity index (χ4v) is 6.74. The van der Waals surface area contributed by atoms with Crippen molar-refractivity contribution in [2.24, 2.45) is 17.8 Å². The zero-order valence-electron chi connectivity index (χ0n) is 17.2. The van der Waals surface area contributed by atoms with Crippen LogP contribution in [-0.2, 0) is 17.6 Å². The molecule has 156 valence electrons. The fourth-order valence-electron chi connectivity index (χ4n) is 6.74. The number of benzene rings is 1. The number of amides is 1. The summed E-state index contributed by atoms with van der Waals surface area (Å²) in [7, 11) is 0. The lowest BCUT2D eigenvalue weighted by molar-refractivity contribution is -0.126. The molecule has 4 bridgehead atoms. The SMILES string of the molecule is O=C(CCc1nnc(Cc2c[nH]c3ccccc23)o1)NC12CC3CC(CC(C3)C1)C2. The summed E-state index contributed by atoms with van der Waals surface area (Å²) in [6.45, 7) is 0. The third-order valence-corrected chi connectivity index (χ3v) is 7.53. The maximum Gasteiger partial charge on any atom is 0.221 e. The van der Waals surface area contributed by atoms with E-state index in [1.165, 1.54) is 43.9 Å². The van der Waals surface area contributed by atoms with Gasteiger partial charge in [-0.3, -0.25) is 4.79 Å². The van der Waals surface area contributed by atoms with Crippen LogP contribution in [0, 0.1) is 17.8 Å². The van der Waals surface area contributed by atoms with Crippen molar-refractivity contribution in [3.63, 3.8) is 0 Å². The van der Waals surface area contributed by atoms with Crippen LogP contribution >= 0.6 is 0 Å². The smallest absolute Gasteiger partial charge is 0.221 e. The Labute approximate surface area is 175 Å². The highest BCUT2D eigenvalue weighted by molar-refractivity contribution is 5.83. The average Bonchev–Trinajstić information content (AvgIpc) is 3.33. The monoisotopic (exact) mass is 404 g/mol. The van der Waals surface area contributed by atoms with Crippen molar-refractivity contribution in [2.45, 2.75) is 63.3 Å². The summed E-state index contributed by atoms with van der Waals surface area (Å²) in [6.07, 6.45) is 11.2. The van der Waals surface area contributed by atoms with Gasteiger partial charge in [0.2, 0.25) is 17.7 Å². The number of hydrogen-bond acceptors (Lipinski definition) is 4. The molecule has 0 aliphatic heterocycles. The first kappa shape index (κ1) is 18.2. The van der Waals surface area contributed by atoms with Crippen LogP contribution in [0.2, 0.25) is 0 Å². The molecule has 4 fully saturated rings. The first-order valence-electron chi connectivity index (χ1n) is 11.3. The lowest BCUT2D eigenvalue weighted by Crippen LogP contribution is -2.59. The number of carbonyl (C=O) groups is 1. The Morgan fingerprint density at radius 1 is 1.07 bits per heavy atom. The van der Waals surface area contributed by atoms with E-state index >= 15 is 0 Å². The lowest BCUT2D eigenvalue weighted by atomic mass is 9.53. The van der Waals surface area contributed by atoms with E-state index in [2.05, 4.69) is 32.6 Å². The molecule has 0 radical (unpaired) electrons. The Balaban J connectivity index is 1.06. The number of nitrogens with zero attached hydrogens (tertiary/aromatic N) is 2. The van der Waals surface area contributed by atoms with Crippen LogP contribution in [0.4, 0.5) is 0 Å². The Morgan fingerprint density at radius 3 is 2.53 bits per heavy atom. The van der Waals surface area contributed by atoms with E-state index in [0.717, 1.165) is 28.8 Å². The van der Waals surface area contributed by atoms with Gasteiger partial charge in [-0.2, -0.15) is 0 Å². The van der Waals surface area contributed by atoms with Gasteiger partial charge in [-0.05, 0) is 67.9 Å². The van der Waals surface area contributed by atoms with E-state index in [-0.39, 0.29) is 11.4 Å².